The van der Waals surface area contributed by atoms with E-state index in [9.17, 15) is 28.3 Å². The lowest BCUT2D eigenvalue weighted by Crippen LogP contribution is -2.67. The van der Waals surface area contributed by atoms with Gasteiger partial charge in [-0.25, -0.2) is 8.78 Å². The molecule has 3 amide bonds. The molecule has 0 saturated carbocycles. The van der Waals surface area contributed by atoms with Gasteiger partial charge in [0.1, 0.15) is 29.8 Å². The molecule has 2 aliphatic rings. The second kappa shape index (κ2) is 9.73. The van der Waals surface area contributed by atoms with Crippen LogP contribution in [0.1, 0.15) is 49.1 Å². The highest BCUT2D eigenvalue weighted by Gasteiger charge is 2.51. The van der Waals surface area contributed by atoms with Gasteiger partial charge in [0.05, 0.1) is 6.10 Å². The van der Waals surface area contributed by atoms with Crippen molar-refractivity contribution in [2.24, 2.45) is 11.8 Å². The smallest absolute Gasteiger partial charge is 0.247 e. The Morgan fingerprint density at radius 2 is 1.91 bits per heavy atom. The van der Waals surface area contributed by atoms with E-state index in [4.69, 9.17) is 0 Å². The Morgan fingerprint density at radius 1 is 1.20 bits per heavy atom. The van der Waals surface area contributed by atoms with Crippen LogP contribution in [-0.2, 0) is 20.8 Å². The molecule has 35 heavy (non-hydrogen) atoms. The maximum atomic E-state index is 14.9. The number of likely N-dealkylation sites (N-methyl/N-ethyl adjacent to an activating group) is 1. The summed E-state index contributed by atoms with van der Waals surface area (Å²) < 4.78 is 28.6. The zero-order chi connectivity index (χ0) is 25.4. The Morgan fingerprint density at radius 3 is 2.54 bits per heavy atom. The molecule has 1 aliphatic carbocycles. The van der Waals surface area contributed by atoms with E-state index in [-0.39, 0.29) is 17.9 Å². The van der Waals surface area contributed by atoms with Crippen molar-refractivity contribution in [1.29, 1.82) is 0 Å². The first-order valence-electron chi connectivity index (χ1n) is 11.7. The van der Waals surface area contributed by atoms with Gasteiger partial charge in [-0.2, -0.15) is 0 Å². The first-order valence-corrected chi connectivity index (χ1v) is 11.7. The largest absolute Gasteiger partial charge is 0.388 e. The van der Waals surface area contributed by atoms with E-state index in [2.05, 4.69) is 10.6 Å². The van der Waals surface area contributed by atoms with Crippen LogP contribution in [0.3, 0.4) is 0 Å². The number of amides is 3. The molecule has 5 atom stereocenters. The van der Waals surface area contributed by atoms with E-state index in [0.717, 1.165) is 22.6 Å². The molecule has 1 heterocycles. The first kappa shape index (κ1) is 24.8. The van der Waals surface area contributed by atoms with Crippen molar-refractivity contribution in [2.75, 3.05) is 7.05 Å². The van der Waals surface area contributed by atoms with Gasteiger partial charge < -0.3 is 20.6 Å². The number of carbonyl (C=O) groups is 3. The average molecular weight is 486 g/mol. The fourth-order valence-corrected chi connectivity index (χ4v) is 5.20. The van der Waals surface area contributed by atoms with Gasteiger partial charge in [-0.15, -0.1) is 0 Å². The van der Waals surface area contributed by atoms with Crippen LogP contribution >= 0.6 is 0 Å². The van der Waals surface area contributed by atoms with Gasteiger partial charge in [0.25, 0.3) is 0 Å². The lowest BCUT2D eigenvalue weighted by atomic mass is 9.87. The van der Waals surface area contributed by atoms with Crippen LogP contribution < -0.4 is 10.6 Å². The van der Waals surface area contributed by atoms with Crippen LogP contribution in [-0.4, -0.2) is 46.9 Å². The van der Waals surface area contributed by atoms with Crippen LogP contribution in [0.5, 0.6) is 0 Å². The summed E-state index contributed by atoms with van der Waals surface area (Å²) in [6.07, 6.45) is -0.412. The molecule has 0 aromatic heterocycles. The normalized spacial score (nSPS) is 24.8. The molecule has 0 radical (unpaired) electrons. The molecule has 4 unspecified atom stereocenters. The summed E-state index contributed by atoms with van der Waals surface area (Å²) in [6.45, 7) is 3.74. The summed E-state index contributed by atoms with van der Waals surface area (Å²) in [4.78, 5) is 41.5. The number of hydrogen-bond donors (Lipinski definition) is 3. The molecule has 0 spiro atoms. The summed E-state index contributed by atoms with van der Waals surface area (Å²) in [5.74, 6) is -4.29. The Labute approximate surface area is 202 Å². The van der Waals surface area contributed by atoms with Crippen LogP contribution in [0.15, 0.2) is 42.5 Å². The minimum atomic E-state index is -1.49. The van der Waals surface area contributed by atoms with Gasteiger partial charge >= 0.3 is 0 Å². The molecule has 2 aromatic rings. The van der Waals surface area contributed by atoms with Crippen molar-refractivity contribution in [3.05, 3.63) is 70.8 Å². The monoisotopic (exact) mass is 485 g/mol. The fourth-order valence-electron chi connectivity index (χ4n) is 5.20. The molecule has 0 bridgehead atoms. The molecule has 186 valence electrons. The molecule has 1 fully saturated rings. The SMILES string of the molecule is CNC(=O)C(c1ccc(F)cc1F)N1C(=O)C([C@@H]2Cc3ccccc3C2O)NC(=O)C1CC(C)C. The molecule has 7 nitrogen and oxygen atoms in total. The van der Waals surface area contributed by atoms with Crippen molar-refractivity contribution < 1.29 is 28.3 Å². The standard InChI is InChI=1S/C26H29F2N3O4/c1-13(2)10-20-24(33)30-21(18-11-14-6-4-5-7-16(14)23(18)32)26(35)31(20)22(25(34)29-3)17-9-8-15(27)12-19(17)28/h4-9,12-13,18,20-23,32H,10-11H2,1-3H3,(H,29,34)(H,30,33)/t18-,20?,21?,22?,23?/m0/s1. The zero-order valence-corrected chi connectivity index (χ0v) is 19.8. The number of carbonyl (C=O) groups excluding carboxylic acids is 3. The number of nitrogens with zero attached hydrogens (tertiary/aromatic N) is 1. The average Bonchev–Trinajstić information content (AvgIpc) is 3.15. The van der Waals surface area contributed by atoms with Gasteiger partial charge in [0, 0.05) is 24.6 Å². The van der Waals surface area contributed by atoms with Crippen molar-refractivity contribution in [3.8, 4) is 0 Å². The summed E-state index contributed by atoms with van der Waals surface area (Å²) in [5, 5.41) is 16.2. The molecule has 4 rings (SSSR count). The van der Waals surface area contributed by atoms with E-state index in [1.165, 1.54) is 7.05 Å². The minimum absolute atomic E-state index is 0.0256. The van der Waals surface area contributed by atoms with Crippen molar-refractivity contribution in [3.63, 3.8) is 0 Å². The molecular weight excluding hydrogens is 456 g/mol. The van der Waals surface area contributed by atoms with E-state index in [1.807, 2.05) is 26.0 Å². The summed E-state index contributed by atoms with van der Waals surface area (Å²) in [6, 6.07) is 6.35. The topological polar surface area (TPSA) is 98.7 Å². The highest BCUT2D eigenvalue weighted by Crippen LogP contribution is 2.41. The molecule has 3 N–H and O–H groups in total. The number of aliphatic hydroxyl groups is 1. The molecule has 1 saturated heterocycles. The third kappa shape index (κ3) is 4.52. The number of aliphatic hydroxyl groups excluding tert-OH is 1. The lowest BCUT2D eigenvalue weighted by molar-refractivity contribution is -0.159. The zero-order valence-electron chi connectivity index (χ0n) is 19.8. The second-order valence-electron chi connectivity index (χ2n) is 9.57. The Hall–Kier alpha value is -3.33. The lowest BCUT2D eigenvalue weighted by Gasteiger charge is -2.45. The van der Waals surface area contributed by atoms with E-state index in [1.54, 1.807) is 12.1 Å². The van der Waals surface area contributed by atoms with Crippen LogP contribution in [0, 0.1) is 23.5 Å². The van der Waals surface area contributed by atoms with E-state index in [0.29, 0.717) is 18.1 Å². The van der Waals surface area contributed by atoms with E-state index >= 15 is 0 Å². The molecular formula is C26H29F2N3O4. The molecule has 9 heteroatoms. The van der Waals surface area contributed by atoms with Crippen molar-refractivity contribution in [2.45, 2.75) is 50.9 Å². The third-order valence-corrected chi connectivity index (χ3v) is 6.84. The van der Waals surface area contributed by atoms with Gasteiger partial charge in [0.15, 0.2) is 0 Å². The highest BCUT2D eigenvalue weighted by atomic mass is 19.1. The van der Waals surface area contributed by atoms with Crippen LogP contribution in [0.2, 0.25) is 0 Å². The second-order valence-corrected chi connectivity index (χ2v) is 9.57. The number of halogens is 2. The maximum absolute atomic E-state index is 14.9. The van der Waals surface area contributed by atoms with E-state index < -0.39 is 59.5 Å². The number of rotatable bonds is 6. The highest BCUT2D eigenvalue weighted by molar-refractivity contribution is 6.00. The Bertz CT molecular complexity index is 1160. The third-order valence-electron chi connectivity index (χ3n) is 6.84. The fraction of sp³-hybridized carbons (Fsp3) is 0.423. The summed E-state index contributed by atoms with van der Waals surface area (Å²) in [5.41, 5.74) is 1.34. The number of hydrogen-bond acceptors (Lipinski definition) is 4. The van der Waals surface area contributed by atoms with Gasteiger partial charge in [-0.3, -0.25) is 14.4 Å². The van der Waals surface area contributed by atoms with Gasteiger partial charge in [-0.05, 0) is 36.0 Å². The van der Waals surface area contributed by atoms with Crippen LogP contribution in [0.25, 0.3) is 0 Å². The van der Waals surface area contributed by atoms with Crippen molar-refractivity contribution >= 4 is 17.7 Å². The number of benzene rings is 2. The molecule has 1 aliphatic heterocycles. The summed E-state index contributed by atoms with van der Waals surface area (Å²) >= 11 is 0. The number of fused-ring (bicyclic) bond motifs is 1. The number of nitrogens with one attached hydrogen (secondary N) is 2. The predicted molar refractivity (Wildman–Crippen MR) is 124 cm³/mol. The first-order chi connectivity index (χ1) is 16.6. The summed E-state index contributed by atoms with van der Waals surface area (Å²) in [7, 11) is 1.34. The van der Waals surface area contributed by atoms with Gasteiger partial charge in [0.2, 0.25) is 17.7 Å². The number of piperazine rings is 1. The quantitative estimate of drug-likeness (QED) is 0.585. The molecule has 2 aromatic carbocycles. The minimum Gasteiger partial charge on any atom is -0.388 e. The Kier molecular flexibility index (Phi) is 6.89. The predicted octanol–water partition coefficient (Wildman–Crippen LogP) is 2.40. The van der Waals surface area contributed by atoms with Crippen LogP contribution in [0.4, 0.5) is 8.78 Å². The maximum Gasteiger partial charge on any atom is 0.247 e. The Balaban J connectivity index is 1.79. The van der Waals surface area contributed by atoms with Gasteiger partial charge in [-0.1, -0.05) is 44.2 Å². The van der Waals surface area contributed by atoms with Crippen molar-refractivity contribution in [1.82, 2.24) is 15.5 Å².